The van der Waals surface area contributed by atoms with E-state index in [9.17, 15) is 4.39 Å². The number of halogens is 2. The summed E-state index contributed by atoms with van der Waals surface area (Å²) < 4.78 is 13.4. The summed E-state index contributed by atoms with van der Waals surface area (Å²) in [5.41, 5.74) is 5.56. The van der Waals surface area contributed by atoms with Crippen LogP contribution in [0.15, 0.2) is 12.3 Å². The first kappa shape index (κ1) is 12.2. The molecule has 0 saturated heterocycles. The van der Waals surface area contributed by atoms with Gasteiger partial charge in [-0.2, -0.15) is 0 Å². The van der Waals surface area contributed by atoms with E-state index >= 15 is 0 Å². The number of aromatic nitrogens is 1. The van der Waals surface area contributed by atoms with Crippen molar-refractivity contribution in [2.75, 3.05) is 11.9 Å². The molecular formula is C10H15ClFN3. The van der Waals surface area contributed by atoms with Crippen molar-refractivity contribution in [2.45, 2.75) is 19.9 Å². The van der Waals surface area contributed by atoms with Gasteiger partial charge < -0.3 is 11.1 Å². The first-order valence-corrected chi connectivity index (χ1v) is 5.20. The van der Waals surface area contributed by atoms with Gasteiger partial charge in [0.1, 0.15) is 0 Å². The van der Waals surface area contributed by atoms with Gasteiger partial charge in [0.25, 0.3) is 0 Å². The van der Waals surface area contributed by atoms with Crippen molar-refractivity contribution in [1.29, 1.82) is 0 Å². The molecule has 0 aliphatic carbocycles. The van der Waals surface area contributed by atoms with Crippen molar-refractivity contribution in [3.63, 3.8) is 0 Å². The lowest BCUT2D eigenvalue weighted by Crippen LogP contribution is -2.34. The second-order valence-corrected chi connectivity index (χ2v) is 4.15. The average molecular weight is 232 g/mol. The summed E-state index contributed by atoms with van der Waals surface area (Å²) in [5, 5.41) is 3.24. The summed E-state index contributed by atoms with van der Waals surface area (Å²) in [6.45, 7) is 4.46. The fraction of sp³-hybridized carbons (Fsp3) is 0.500. The van der Waals surface area contributed by atoms with Gasteiger partial charge in [-0.05, 0) is 12.0 Å². The summed E-state index contributed by atoms with van der Waals surface area (Å²) in [4.78, 5) is 3.87. The first-order chi connectivity index (χ1) is 7.04. The summed E-state index contributed by atoms with van der Waals surface area (Å²) in [6, 6.07) is 1.23. The Labute approximate surface area is 93.8 Å². The number of nitrogens with one attached hydrogen (secondary N) is 1. The SMILES string of the molecule is CC(C)C(CN)Nc1ncc(Cl)cc1F. The predicted molar refractivity (Wildman–Crippen MR) is 60.5 cm³/mol. The highest BCUT2D eigenvalue weighted by Gasteiger charge is 2.14. The van der Waals surface area contributed by atoms with E-state index in [4.69, 9.17) is 17.3 Å². The molecule has 0 bridgehead atoms. The molecule has 1 rings (SSSR count). The summed E-state index contributed by atoms with van der Waals surface area (Å²) >= 11 is 5.59. The quantitative estimate of drug-likeness (QED) is 0.836. The molecule has 0 aliphatic rings. The third kappa shape index (κ3) is 3.32. The van der Waals surface area contributed by atoms with Gasteiger partial charge in [-0.1, -0.05) is 25.4 Å². The van der Waals surface area contributed by atoms with Gasteiger partial charge in [0.05, 0.1) is 5.02 Å². The van der Waals surface area contributed by atoms with E-state index in [-0.39, 0.29) is 16.9 Å². The van der Waals surface area contributed by atoms with E-state index in [1.165, 1.54) is 12.3 Å². The van der Waals surface area contributed by atoms with E-state index in [2.05, 4.69) is 10.3 Å². The Bertz CT molecular complexity index is 330. The van der Waals surface area contributed by atoms with Gasteiger partial charge in [0.2, 0.25) is 0 Å². The molecule has 1 unspecified atom stereocenters. The van der Waals surface area contributed by atoms with Crippen molar-refractivity contribution >= 4 is 17.4 Å². The van der Waals surface area contributed by atoms with Crippen LogP contribution < -0.4 is 11.1 Å². The Hall–Kier alpha value is -0.870. The molecule has 1 aromatic rings. The summed E-state index contributed by atoms with van der Waals surface area (Å²) in [5.74, 6) is 0.0528. The van der Waals surface area contributed by atoms with Gasteiger partial charge in [-0.25, -0.2) is 9.37 Å². The monoisotopic (exact) mass is 231 g/mol. The molecule has 3 N–H and O–H groups in total. The minimum atomic E-state index is -0.457. The Morgan fingerprint density at radius 2 is 2.27 bits per heavy atom. The summed E-state index contributed by atoms with van der Waals surface area (Å²) in [6.07, 6.45) is 1.40. The van der Waals surface area contributed by atoms with Gasteiger partial charge in [0, 0.05) is 18.8 Å². The van der Waals surface area contributed by atoms with Gasteiger partial charge in [-0.15, -0.1) is 0 Å². The number of pyridine rings is 1. The number of nitrogens with two attached hydrogens (primary N) is 1. The molecule has 0 spiro atoms. The zero-order valence-electron chi connectivity index (χ0n) is 8.80. The summed E-state index contributed by atoms with van der Waals surface area (Å²) in [7, 11) is 0. The normalized spacial score (nSPS) is 12.9. The van der Waals surface area contributed by atoms with Crippen molar-refractivity contribution in [3.8, 4) is 0 Å². The molecule has 1 heterocycles. The number of hydrogen-bond acceptors (Lipinski definition) is 3. The van der Waals surface area contributed by atoms with Crippen LogP contribution in [-0.4, -0.2) is 17.6 Å². The highest BCUT2D eigenvalue weighted by Crippen LogP contribution is 2.17. The van der Waals surface area contributed by atoms with E-state index in [1.54, 1.807) is 0 Å². The molecule has 0 amide bonds. The fourth-order valence-corrected chi connectivity index (χ4v) is 1.34. The topological polar surface area (TPSA) is 50.9 Å². The van der Waals surface area contributed by atoms with Gasteiger partial charge >= 0.3 is 0 Å². The van der Waals surface area contributed by atoms with Crippen LogP contribution in [0.25, 0.3) is 0 Å². The average Bonchev–Trinajstić information content (AvgIpc) is 2.16. The number of rotatable bonds is 4. The lowest BCUT2D eigenvalue weighted by atomic mass is 10.1. The van der Waals surface area contributed by atoms with E-state index < -0.39 is 5.82 Å². The highest BCUT2D eigenvalue weighted by molar-refractivity contribution is 6.30. The van der Waals surface area contributed by atoms with Crippen molar-refractivity contribution in [1.82, 2.24) is 4.98 Å². The molecule has 5 heteroatoms. The molecule has 84 valence electrons. The zero-order chi connectivity index (χ0) is 11.4. The fourth-order valence-electron chi connectivity index (χ4n) is 1.19. The van der Waals surface area contributed by atoms with Gasteiger partial charge in [-0.3, -0.25) is 0 Å². The second-order valence-electron chi connectivity index (χ2n) is 3.71. The maximum absolute atomic E-state index is 13.4. The van der Waals surface area contributed by atoms with Crippen LogP contribution in [0.2, 0.25) is 5.02 Å². The number of anilines is 1. The van der Waals surface area contributed by atoms with Crippen LogP contribution in [0.1, 0.15) is 13.8 Å². The maximum atomic E-state index is 13.4. The Kier molecular flexibility index (Phi) is 4.29. The number of hydrogen-bond donors (Lipinski definition) is 2. The maximum Gasteiger partial charge on any atom is 0.166 e. The van der Waals surface area contributed by atoms with Crippen LogP contribution in [0.5, 0.6) is 0 Å². The van der Waals surface area contributed by atoms with Crippen LogP contribution >= 0.6 is 11.6 Å². The van der Waals surface area contributed by atoms with Crippen LogP contribution in [0.3, 0.4) is 0 Å². The molecule has 0 radical (unpaired) electrons. The molecule has 1 aromatic heterocycles. The van der Waals surface area contributed by atoms with Crippen molar-refractivity contribution in [2.24, 2.45) is 11.7 Å². The third-order valence-electron chi connectivity index (χ3n) is 2.19. The molecule has 0 aromatic carbocycles. The standard InChI is InChI=1S/C10H15ClFN3/c1-6(2)9(4-13)15-10-8(12)3-7(11)5-14-10/h3,5-6,9H,4,13H2,1-2H3,(H,14,15). The molecule has 0 saturated carbocycles. The molecule has 3 nitrogen and oxygen atoms in total. The largest absolute Gasteiger partial charge is 0.363 e. The minimum Gasteiger partial charge on any atom is -0.363 e. The molecule has 0 aliphatic heterocycles. The van der Waals surface area contributed by atoms with Crippen LogP contribution in [0.4, 0.5) is 10.2 Å². The van der Waals surface area contributed by atoms with E-state index in [0.29, 0.717) is 12.5 Å². The Balaban J connectivity index is 2.79. The zero-order valence-corrected chi connectivity index (χ0v) is 9.55. The van der Waals surface area contributed by atoms with E-state index in [0.717, 1.165) is 0 Å². The Morgan fingerprint density at radius 1 is 1.60 bits per heavy atom. The second kappa shape index (κ2) is 5.28. The highest BCUT2D eigenvalue weighted by atomic mass is 35.5. The lowest BCUT2D eigenvalue weighted by molar-refractivity contribution is 0.523. The first-order valence-electron chi connectivity index (χ1n) is 4.82. The molecule has 0 fully saturated rings. The number of nitrogens with zero attached hydrogens (tertiary/aromatic N) is 1. The van der Waals surface area contributed by atoms with Crippen LogP contribution in [0, 0.1) is 11.7 Å². The van der Waals surface area contributed by atoms with E-state index in [1.807, 2.05) is 13.8 Å². The third-order valence-corrected chi connectivity index (χ3v) is 2.40. The predicted octanol–water partition coefficient (Wildman–Crippen LogP) is 2.27. The minimum absolute atomic E-state index is 0.00757. The van der Waals surface area contributed by atoms with Crippen molar-refractivity contribution in [3.05, 3.63) is 23.1 Å². The molecular weight excluding hydrogens is 217 g/mol. The lowest BCUT2D eigenvalue weighted by Gasteiger charge is -2.21. The molecule has 1 atom stereocenters. The van der Waals surface area contributed by atoms with Crippen LogP contribution in [-0.2, 0) is 0 Å². The molecule has 15 heavy (non-hydrogen) atoms. The van der Waals surface area contributed by atoms with Crippen molar-refractivity contribution < 1.29 is 4.39 Å². The smallest absolute Gasteiger partial charge is 0.166 e. The Morgan fingerprint density at radius 3 is 2.73 bits per heavy atom. The van der Waals surface area contributed by atoms with Gasteiger partial charge in [0.15, 0.2) is 11.6 Å².